The standard InChI is InChI=1S/C27H32O5/c1-26-14-22(16-3-5-17(6-4-16)25(29)30)24-20-10-8-19(28)13-18(20)7-9-21(24)23(26)11-12-27(26,31)15-32-2/h3-6,13,21-23,31H,7-12,14-15H2,1-2H3,(H,29,30)/t21-,22+,23-,26-,27+/m0/s1. The first-order chi connectivity index (χ1) is 15.3. The summed E-state index contributed by atoms with van der Waals surface area (Å²) in [6.45, 7) is 2.57. The van der Waals surface area contributed by atoms with Gasteiger partial charge in [-0.25, -0.2) is 4.79 Å². The van der Waals surface area contributed by atoms with E-state index in [2.05, 4.69) is 6.92 Å². The summed E-state index contributed by atoms with van der Waals surface area (Å²) in [6.07, 6.45) is 7.69. The van der Waals surface area contributed by atoms with Gasteiger partial charge in [-0.1, -0.05) is 24.6 Å². The predicted octanol–water partition coefficient (Wildman–Crippen LogP) is 4.66. The average molecular weight is 437 g/mol. The number of hydrogen-bond acceptors (Lipinski definition) is 4. The summed E-state index contributed by atoms with van der Waals surface area (Å²) in [4.78, 5) is 23.5. The van der Waals surface area contributed by atoms with E-state index in [1.54, 1.807) is 19.2 Å². The zero-order valence-corrected chi connectivity index (χ0v) is 18.9. The maximum absolute atomic E-state index is 12.1. The van der Waals surface area contributed by atoms with Crippen molar-refractivity contribution < 1.29 is 24.5 Å². The van der Waals surface area contributed by atoms with Gasteiger partial charge in [0.05, 0.1) is 17.8 Å². The molecule has 2 saturated carbocycles. The van der Waals surface area contributed by atoms with Crippen LogP contribution in [-0.2, 0) is 9.53 Å². The number of fused-ring (bicyclic) bond motifs is 4. The van der Waals surface area contributed by atoms with Crippen LogP contribution in [0.3, 0.4) is 0 Å². The van der Waals surface area contributed by atoms with E-state index in [0.717, 1.165) is 44.1 Å². The second kappa shape index (κ2) is 7.67. The Bertz CT molecular complexity index is 1020. The van der Waals surface area contributed by atoms with Crippen LogP contribution in [0.5, 0.6) is 0 Å². The molecular formula is C27H32O5. The van der Waals surface area contributed by atoms with E-state index < -0.39 is 11.6 Å². The van der Waals surface area contributed by atoms with Crippen LogP contribution in [0.4, 0.5) is 0 Å². The van der Waals surface area contributed by atoms with Crippen molar-refractivity contribution >= 4 is 11.8 Å². The molecule has 0 aliphatic heterocycles. The summed E-state index contributed by atoms with van der Waals surface area (Å²) in [5.41, 5.74) is 4.26. The third kappa shape index (κ3) is 3.12. The van der Waals surface area contributed by atoms with Gasteiger partial charge in [-0.15, -0.1) is 0 Å². The summed E-state index contributed by atoms with van der Waals surface area (Å²) in [5.74, 6) is 0.174. The molecule has 0 radical (unpaired) electrons. The molecule has 2 N–H and O–H groups in total. The Morgan fingerprint density at radius 3 is 2.59 bits per heavy atom. The van der Waals surface area contributed by atoms with Crippen molar-refractivity contribution in [2.45, 2.75) is 63.4 Å². The van der Waals surface area contributed by atoms with Crippen LogP contribution < -0.4 is 0 Å². The van der Waals surface area contributed by atoms with Crippen molar-refractivity contribution in [3.8, 4) is 0 Å². The van der Waals surface area contributed by atoms with Crippen LogP contribution >= 0.6 is 0 Å². The molecule has 0 heterocycles. The van der Waals surface area contributed by atoms with E-state index in [1.165, 1.54) is 16.7 Å². The number of carboxylic acids is 1. The zero-order valence-electron chi connectivity index (χ0n) is 18.9. The lowest BCUT2D eigenvalue weighted by Crippen LogP contribution is -2.53. The smallest absolute Gasteiger partial charge is 0.335 e. The van der Waals surface area contributed by atoms with E-state index in [4.69, 9.17) is 4.74 Å². The minimum atomic E-state index is -0.925. The number of aromatic carboxylic acids is 1. The van der Waals surface area contributed by atoms with Crippen molar-refractivity contribution in [2.24, 2.45) is 17.3 Å². The molecule has 5 nitrogen and oxygen atoms in total. The van der Waals surface area contributed by atoms with Crippen molar-refractivity contribution in [3.05, 3.63) is 58.2 Å². The molecule has 0 aromatic heterocycles. The second-order valence-corrected chi connectivity index (χ2v) is 10.4. The van der Waals surface area contributed by atoms with Gasteiger partial charge in [0, 0.05) is 24.9 Å². The Hall–Kier alpha value is -2.24. The number of rotatable bonds is 4. The monoisotopic (exact) mass is 436 g/mol. The number of ether oxygens (including phenoxy) is 1. The first-order valence-electron chi connectivity index (χ1n) is 11.8. The first-order valence-corrected chi connectivity index (χ1v) is 11.8. The second-order valence-electron chi connectivity index (χ2n) is 10.4. The fourth-order valence-electron chi connectivity index (χ4n) is 7.39. The summed E-state index contributed by atoms with van der Waals surface area (Å²) in [7, 11) is 1.66. The van der Waals surface area contributed by atoms with Gasteiger partial charge in [0.1, 0.15) is 0 Å². The van der Waals surface area contributed by atoms with Crippen molar-refractivity contribution in [3.63, 3.8) is 0 Å². The summed E-state index contributed by atoms with van der Waals surface area (Å²) >= 11 is 0. The van der Waals surface area contributed by atoms with E-state index in [0.29, 0.717) is 24.9 Å². The summed E-state index contributed by atoms with van der Waals surface area (Å²) in [6, 6.07) is 7.26. The Morgan fingerprint density at radius 1 is 1.16 bits per heavy atom. The van der Waals surface area contributed by atoms with E-state index in [1.807, 2.05) is 18.2 Å². The average Bonchev–Trinajstić information content (AvgIpc) is 3.03. The maximum Gasteiger partial charge on any atom is 0.335 e. The molecule has 0 spiro atoms. The minimum absolute atomic E-state index is 0.109. The highest BCUT2D eigenvalue weighted by Crippen LogP contribution is 2.66. The first kappa shape index (κ1) is 21.6. The molecule has 1 aromatic carbocycles. The Kier molecular flexibility index (Phi) is 5.18. The Balaban J connectivity index is 1.65. The number of hydrogen-bond donors (Lipinski definition) is 2. The number of ketones is 1. The van der Waals surface area contributed by atoms with Crippen molar-refractivity contribution in [1.82, 2.24) is 0 Å². The Labute approximate surface area is 189 Å². The molecule has 5 heteroatoms. The highest BCUT2D eigenvalue weighted by Gasteiger charge is 2.62. The van der Waals surface area contributed by atoms with Crippen LogP contribution in [0, 0.1) is 17.3 Å². The highest BCUT2D eigenvalue weighted by atomic mass is 16.5. The maximum atomic E-state index is 12.1. The fourth-order valence-corrected chi connectivity index (χ4v) is 7.39. The molecule has 170 valence electrons. The van der Waals surface area contributed by atoms with Crippen LogP contribution in [0.15, 0.2) is 47.1 Å². The predicted molar refractivity (Wildman–Crippen MR) is 120 cm³/mol. The number of allylic oxidation sites excluding steroid dienone is 4. The molecule has 0 saturated heterocycles. The lowest BCUT2D eigenvalue weighted by atomic mass is 9.51. The largest absolute Gasteiger partial charge is 0.478 e. The zero-order chi connectivity index (χ0) is 22.7. The van der Waals surface area contributed by atoms with Crippen molar-refractivity contribution in [1.29, 1.82) is 0 Å². The molecule has 1 aromatic rings. The molecule has 0 unspecified atom stereocenters. The number of aliphatic hydroxyl groups is 1. The number of carbonyl (C=O) groups is 2. The van der Waals surface area contributed by atoms with Gasteiger partial charge in [0.25, 0.3) is 0 Å². The van der Waals surface area contributed by atoms with Gasteiger partial charge in [0.2, 0.25) is 0 Å². The number of benzene rings is 1. The fraction of sp³-hybridized carbons (Fsp3) is 0.556. The quantitative estimate of drug-likeness (QED) is 0.717. The van der Waals surface area contributed by atoms with Crippen LogP contribution in [0.25, 0.3) is 0 Å². The number of methoxy groups -OCH3 is 1. The third-order valence-electron chi connectivity index (χ3n) is 9.00. The van der Waals surface area contributed by atoms with Gasteiger partial charge in [-0.3, -0.25) is 4.79 Å². The van der Waals surface area contributed by atoms with E-state index in [9.17, 15) is 19.8 Å². The van der Waals surface area contributed by atoms with Gasteiger partial charge in [-0.2, -0.15) is 0 Å². The Morgan fingerprint density at radius 2 is 1.91 bits per heavy atom. The van der Waals surface area contributed by atoms with Gasteiger partial charge in [-0.05, 0) is 85.3 Å². The summed E-state index contributed by atoms with van der Waals surface area (Å²) < 4.78 is 5.49. The summed E-state index contributed by atoms with van der Waals surface area (Å²) in [5, 5.41) is 21.1. The van der Waals surface area contributed by atoms with E-state index >= 15 is 0 Å². The molecule has 0 bridgehead atoms. The van der Waals surface area contributed by atoms with Crippen molar-refractivity contribution in [2.75, 3.05) is 13.7 Å². The normalized spacial score (nSPS) is 36.3. The van der Waals surface area contributed by atoms with Gasteiger partial charge in [0.15, 0.2) is 5.78 Å². The minimum Gasteiger partial charge on any atom is -0.478 e. The molecule has 0 amide bonds. The third-order valence-corrected chi connectivity index (χ3v) is 9.00. The topological polar surface area (TPSA) is 83.8 Å². The SMILES string of the molecule is COC[C@]1(O)CC[C@H]2[C@@H]3CCC4=CC(=O)CCC4=C3[C@@H](c3ccc(C(=O)O)cc3)C[C@@]21C. The molecule has 4 aliphatic rings. The molecule has 5 rings (SSSR count). The molecule has 4 aliphatic carbocycles. The van der Waals surface area contributed by atoms with Gasteiger partial charge < -0.3 is 14.9 Å². The molecule has 32 heavy (non-hydrogen) atoms. The lowest BCUT2D eigenvalue weighted by molar-refractivity contribution is -0.128. The van der Waals surface area contributed by atoms with Gasteiger partial charge >= 0.3 is 5.97 Å². The van der Waals surface area contributed by atoms with E-state index in [-0.39, 0.29) is 22.7 Å². The number of carboxylic acid groups (broad SMARTS) is 1. The van der Waals surface area contributed by atoms with Crippen LogP contribution in [0.1, 0.15) is 73.7 Å². The molecule has 5 atom stereocenters. The molecule has 2 fully saturated rings. The molecular weight excluding hydrogens is 404 g/mol. The van der Waals surface area contributed by atoms with Crippen LogP contribution in [0.2, 0.25) is 0 Å². The highest BCUT2D eigenvalue weighted by molar-refractivity contribution is 5.93. The van der Waals surface area contributed by atoms with Crippen LogP contribution in [-0.4, -0.2) is 41.3 Å². The number of carbonyl (C=O) groups excluding carboxylic acids is 1. The lowest BCUT2D eigenvalue weighted by Gasteiger charge is -2.54.